The molecular weight excluding hydrogens is 221 g/mol. The van der Waals surface area contributed by atoms with E-state index in [2.05, 4.69) is 5.92 Å². The smallest absolute Gasteiger partial charge is 0.391 e. The van der Waals surface area contributed by atoms with Crippen LogP contribution >= 0.6 is 0 Å². The number of ether oxygens (including phenoxy) is 1. The molecule has 90 valence electrons. The molecule has 0 saturated heterocycles. The minimum absolute atomic E-state index is 0.000674. The lowest BCUT2D eigenvalue weighted by molar-refractivity contribution is -0.186. The predicted molar refractivity (Wildman–Crippen MR) is 51.3 cm³/mol. The molecule has 2 nitrogen and oxygen atoms in total. The van der Waals surface area contributed by atoms with Crippen molar-refractivity contribution in [3.8, 4) is 12.3 Å². The van der Waals surface area contributed by atoms with Crippen LogP contribution in [0.1, 0.15) is 25.7 Å². The van der Waals surface area contributed by atoms with Crippen LogP contribution < -0.4 is 0 Å². The molecule has 0 atom stereocenters. The fourth-order valence-corrected chi connectivity index (χ4v) is 1.89. The molecule has 1 fully saturated rings. The molecule has 0 radical (unpaired) electrons. The van der Waals surface area contributed by atoms with E-state index >= 15 is 0 Å². The highest BCUT2D eigenvalue weighted by Gasteiger charge is 2.42. The van der Waals surface area contributed by atoms with E-state index in [-0.39, 0.29) is 32.3 Å². The average Bonchev–Trinajstić information content (AvgIpc) is 2.25. The van der Waals surface area contributed by atoms with Crippen molar-refractivity contribution in [2.75, 3.05) is 6.61 Å². The first-order valence-electron chi connectivity index (χ1n) is 5.12. The molecule has 0 aromatic heterocycles. The van der Waals surface area contributed by atoms with Crippen molar-refractivity contribution in [2.24, 2.45) is 11.8 Å². The molecule has 5 heteroatoms. The zero-order valence-electron chi connectivity index (χ0n) is 8.72. The van der Waals surface area contributed by atoms with Crippen molar-refractivity contribution in [2.45, 2.75) is 31.9 Å². The van der Waals surface area contributed by atoms with Crippen LogP contribution in [0.2, 0.25) is 0 Å². The summed E-state index contributed by atoms with van der Waals surface area (Å²) >= 11 is 0. The fourth-order valence-electron chi connectivity index (χ4n) is 1.89. The van der Waals surface area contributed by atoms with Crippen LogP contribution in [0.15, 0.2) is 0 Å². The van der Waals surface area contributed by atoms with Gasteiger partial charge in [0.25, 0.3) is 0 Å². The monoisotopic (exact) mass is 234 g/mol. The van der Waals surface area contributed by atoms with Crippen molar-refractivity contribution in [1.29, 1.82) is 0 Å². The van der Waals surface area contributed by atoms with Gasteiger partial charge in [-0.15, -0.1) is 6.42 Å². The van der Waals surface area contributed by atoms with Crippen LogP contribution in [0.3, 0.4) is 0 Å². The second-order valence-electron chi connectivity index (χ2n) is 3.90. The molecule has 0 aliphatic heterocycles. The maximum atomic E-state index is 12.3. The van der Waals surface area contributed by atoms with E-state index in [4.69, 9.17) is 11.2 Å². The van der Waals surface area contributed by atoms with E-state index in [1.54, 1.807) is 0 Å². The summed E-state index contributed by atoms with van der Waals surface area (Å²) in [5.41, 5.74) is 0. The standard InChI is InChI=1S/C11H13F3O2/c1-2-7-16-10(15)8-3-5-9(6-4-8)11(12,13)14/h1,8-9H,3-7H2. The van der Waals surface area contributed by atoms with E-state index in [0.717, 1.165) is 0 Å². The number of hydrogen-bond donors (Lipinski definition) is 0. The number of alkyl halides is 3. The van der Waals surface area contributed by atoms with Crippen molar-refractivity contribution in [1.82, 2.24) is 0 Å². The summed E-state index contributed by atoms with van der Waals surface area (Å²) in [5, 5.41) is 0. The highest BCUT2D eigenvalue weighted by molar-refractivity contribution is 5.72. The van der Waals surface area contributed by atoms with E-state index < -0.39 is 24.0 Å². The number of halogens is 3. The largest absolute Gasteiger partial charge is 0.452 e. The summed E-state index contributed by atoms with van der Waals surface area (Å²) in [6, 6.07) is 0. The quantitative estimate of drug-likeness (QED) is 0.542. The van der Waals surface area contributed by atoms with E-state index in [1.165, 1.54) is 0 Å². The zero-order chi connectivity index (χ0) is 12.2. The van der Waals surface area contributed by atoms with Crippen LogP contribution in [0.5, 0.6) is 0 Å². The van der Waals surface area contributed by atoms with Gasteiger partial charge in [0.15, 0.2) is 6.61 Å². The number of rotatable bonds is 2. The van der Waals surface area contributed by atoms with Crippen molar-refractivity contribution in [3.05, 3.63) is 0 Å². The molecule has 1 saturated carbocycles. The Morgan fingerprint density at radius 2 is 1.88 bits per heavy atom. The van der Waals surface area contributed by atoms with Crippen LogP contribution in [0, 0.1) is 24.2 Å². The van der Waals surface area contributed by atoms with Crippen LogP contribution in [-0.2, 0) is 9.53 Å². The molecule has 0 amide bonds. The van der Waals surface area contributed by atoms with Gasteiger partial charge in [0.05, 0.1) is 11.8 Å². The molecule has 1 rings (SSSR count). The second-order valence-corrected chi connectivity index (χ2v) is 3.90. The van der Waals surface area contributed by atoms with Gasteiger partial charge in [-0.3, -0.25) is 4.79 Å². The van der Waals surface area contributed by atoms with Gasteiger partial charge < -0.3 is 4.74 Å². The lowest BCUT2D eigenvalue weighted by Gasteiger charge is -2.28. The molecule has 0 unspecified atom stereocenters. The van der Waals surface area contributed by atoms with E-state index in [0.29, 0.717) is 0 Å². The Morgan fingerprint density at radius 1 is 1.31 bits per heavy atom. The Kier molecular flexibility index (Phi) is 4.22. The maximum absolute atomic E-state index is 12.3. The molecule has 0 aromatic rings. The zero-order valence-corrected chi connectivity index (χ0v) is 8.72. The minimum atomic E-state index is -4.15. The number of esters is 1. The topological polar surface area (TPSA) is 26.3 Å². The summed E-state index contributed by atoms with van der Waals surface area (Å²) < 4.78 is 41.7. The lowest BCUT2D eigenvalue weighted by atomic mass is 9.82. The highest BCUT2D eigenvalue weighted by Crippen LogP contribution is 2.39. The average molecular weight is 234 g/mol. The predicted octanol–water partition coefficient (Wildman–Crippen LogP) is 2.53. The van der Waals surface area contributed by atoms with Crippen molar-refractivity contribution in [3.63, 3.8) is 0 Å². The number of carbonyl (C=O) groups is 1. The van der Waals surface area contributed by atoms with Crippen molar-refractivity contribution >= 4 is 5.97 Å². The SMILES string of the molecule is C#CCOC(=O)C1CCC(C(F)(F)F)CC1. The maximum Gasteiger partial charge on any atom is 0.391 e. The second kappa shape index (κ2) is 5.24. The number of carbonyl (C=O) groups excluding carboxylic acids is 1. The molecule has 0 heterocycles. The Morgan fingerprint density at radius 3 is 2.31 bits per heavy atom. The summed E-state index contributed by atoms with van der Waals surface area (Å²) in [6.07, 6.45) is 1.22. The Bertz CT molecular complexity index is 283. The first kappa shape index (κ1) is 12.9. The van der Waals surface area contributed by atoms with Crippen LogP contribution in [0.4, 0.5) is 13.2 Å². The molecule has 0 spiro atoms. The Hall–Kier alpha value is -1.18. The van der Waals surface area contributed by atoms with Gasteiger partial charge in [-0.05, 0) is 25.7 Å². The van der Waals surface area contributed by atoms with Crippen LogP contribution in [0.25, 0.3) is 0 Å². The lowest BCUT2D eigenvalue weighted by Crippen LogP contribution is -2.31. The molecule has 0 N–H and O–H groups in total. The fraction of sp³-hybridized carbons (Fsp3) is 0.727. The molecular formula is C11H13F3O2. The number of terminal acetylenes is 1. The molecule has 1 aliphatic carbocycles. The minimum Gasteiger partial charge on any atom is -0.452 e. The highest BCUT2D eigenvalue weighted by atomic mass is 19.4. The van der Waals surface area contributed by atoms with E-state index in [9.17, 15) is 18.0 Å². The summed E-state index contributed by atoms with van der Waals surface area (Å²) in [7, 11) is 0. The van der Waals surface area contributed by atoms with E-state index in [1.807, 2.05) is 0 Å². The van der Waals surface area contributed by atoms with Gasteiger partial charge in [0.2, 0.25) is 0 Å². The molecule has 0 aromatic carbocycles. The van der Waals surface area contributed by atoms with Gasteiger partial charge in [-0.2, -0.15) is 13.2 Å². The third kappa shape index (κ3) is 3.44. The first-order chi connectivity index (χ1) is 7.45. The molecule has 1 aliphatic rings. The summed E-state index contributed by atoms with van der Waals surface area (Å²) in [4.78, 5) is 11.3. The Labute approximate surface area is 92.2 Å². The third-order valence-corrected chi connectivity index (χ3v) is 2.82. The van der Waals surface area contributed by atoms with Crippen LogP contribution in [-0.4, -0.2) is 18.8 Å². The summed E-state index contributed by atoms with van der Waals surface area (Å²) in [5.74, 6) is -0.0239. The van der Waals surface area contributed by atoms with Crippen molar-refractivity contribution < 1.29 is 22.7 Å². The first-order valence-corrected chi connectivity index (χ1v) is 5.12. The third-order valence-electron chi connectivity index (χ3n) is 2.82. The normalized spacial score (nSPS) is 25.9. The van der Waals surface area contributed by atoms with Gasteiger partial charge >= 0.3 is 12.1 Å². The van der Waals surface area contributed by atoms with Gasteiger partial charge in [0.1, 0.15) is 0 Å². The van der Waals surface area contributed by atoms with Gasteiger partial charge in [0, 0.05) is 0 Å². The van der Waals surface area contributed by atoms with Gasteiger partial charge in [-0.25, -0.2) is 0 Å². The summed E-state index contributed by atoms with van der Waals surface area (Å²) in [6.45, 7) is -0.113. The van der Waals surface area contributed by atoms with Gasteiger partial charge in [-0.1, -0.05) is 5.92 Å². The molecule has 0 bridgehead atoms. The number of hydrogen-bond acceptors (Lipinski definition) is 2. The Balaban J connectivity index is 2.38. The molecule has 16 heavy (non-hydrogen) atoms.